The van der Waals surface area contributed by atoms with E-state index in [0.717, 1.165) is 21.8 Å². The van der Waals surface area contributed by atoms with E-state index in [1.807, 2.05) is 54.6 Å². The van der Waals surface area contributed by atoms with Crippen LogP contribution in [0.4, 0.5) is 0 Å². The van der Waals surface area contributed by atoms with E-state index in [-0.39, 0.29) is 5.91 Å². The van der Waals surface area contributed by atoms with E-state index < -0.39 is 0 Å². The van der Waals surface area contributed by atoms with E-state index in [2.05, 4.69) is 15.3 Å². The average Bonchev–Trinajstić information content (AvgIpc) is 3.39. The number of carbonyl (C=O) groups excluding carboxylic acids is 1. The fraction of sp³-hybridized carbons (Fsp3) is 0.0500. The highest BCUT2D eigenvalue weighted by Gasteiger charge is 2.14. The summed E-state index contributed by atoms with van der Waals surface area (Å²) in [5, 5.41) is 5.51. The Balaban J connectivity index is 1.48. The normalized spacial score (nSPS) is 10.6. The molecule has 1 amide bonds. The number of pyridine rings is 1. The molecule has 0 saturated heterocycles. The predicted molar refractivity (Wildman–Crippen MR) is 101 cm³/mol. The highest BCUT2D eigenvalue weighted by Crippen LogP contribution is 2.24. The summed E-state index contributed by atoms with van der Waals surface area (Å²) < 4.78 is 5.42. The van der Waals surface area contributed by atoms with Crippen molar-refractivity contribution in [1.82, 2.24) is 15.3 Å². The molecular formula is C20H15N3O2S. The monoisotopic (exact) mass is 361 g/mol. The molecule has 128 valence electrons. The van der Waals surface area contributed by atoms with Crippen molar-refractivity contribution in [2.75, 3.05) is 0 Å². The van der Waals surface area contributed by atoms with Gasteiger partial charge in [-0.3, -0.25) is 9.78 Å². The largest absolute Gasteiger partial charge is 0.463 e. The third kappa shape index (κ3) is 3.41. The van der Waals surface area contributed by atoms with Gasteiger partial charge in [-0.15, -0.1) is 11.3 Å². The average molecular weight is 361 g/mol. The van der Waals surface area contributed by atoms with E-state index in [1.54, 1.807) is 17.8 Å². The van der Waals surface area contributed by atoms with Crippen LogP contribution in [0, 0.1) is 0 Å². The number of amides is 1. The Labute approximate surface area is 154 Å². The molecule has 0 atom stereocenters. The summed E-state index contributed by atoms with van der Waals surface area (Å²) in [5.41, 5.74) is 3.02. The lowest BCUT2D eigenvalue weighted by molar-refractivity contribution is 0.0946. The van der Waals surface area contributed by atoms with Gasteiger partial charge in [0.05, 0.1) is 6.26 Å². The number of nitrogens with zero attached hydrogens (tertiary/aromatic N) is 2. The summed E-state index contributed by atoms with van der Waals surface area (Å²) in [6.45, 7) is 0.348. The molecule has 3 aromatic heterocycles. The predicted octanol–water partition coefficient (Wildman–Crippen LogP) is 4.40. The molecular weight excluding hydrogens is 346 g/mol. The number of nitrogens with one attached hydrogen (secondary N) is 1. The van der Waals surface area contributed by atoms with Crippen LogP contribution >= 0.6 is 11.3 Å². The summed E-state index contributed by atoms with van der Waals surface area (Å²) in [6, 6.07) is 17.2. The molecule has 0 fully saturated rings. The summed E-state index contributed by atoms with van der Waals surface area (Å²) in [6.07, 6.45) is 3.31. The van der Waals surface area contributed by atoms with Crippen molar-refractivity contribution >= 4 is 17.2 Å². The van der Waals surface area contributed by atoms with E-state index in [0.29, 0.717) is 18.0 Å². The van der Waals surface area contributed by atoms with Gasteiger partial charge in [0.1, 0.15) is 16.4 Å². The summed E-state index contributed by atoms with van der Waals surface area (Å²) in [7, 11) is 0. The number of hydrogen-bond acceptors (Lipinski definition) is 5. The molecule has 6 heteroatoms. The van der Waals surface area contributed by atoms with Crippen LogP contribution in [-0.2, 0) is 6.54 Å². The lowest BCUT2D eigenvalue weighted by Gasteiger charge is -2.07. The zero-order valence-corrected chi connectivity index (χ0v) is 14.6. The van der Waals surface area contributed by atoms with Crippen molar-refractivity contribution in [3.05, 3.63) is 83.7 Å². The lowest BCUT2D eigenvalue weighted by atomic mass is 10.1. The highest BCUT2D eigenvalue weighted by molar-refractivity contribution is 7.13. The van der Waals surface area contributed by atoms with Gasteiger partial charge in [-0.25, -0.2) is 4.98 Å². The third-order valence-corrected chi connectivity index (χ3v) is 4.73. The Kier molecular flexibility index (Phi) is 4.57. The first-order valence-electron chi connectivity index (χ1n) is 8.08. The molecule has 0 saturated carbocycles. The number of benzene rings is 1. The lowest BCUT2D eigenvalue weighted by Crippen LogP contribution is -2.23. The first-order chi connectivity index (χ1) is 12.8. The van der Waals surface area contributed by atoms with Crippen molar-refractivity contribution in [3.63, 3.8) is 0 Å². The zero-order chi connectivity index (χ0) is 17.8. The zero-order valence-electron chi connectivity index (χ0n) is 13.8. The van der Waals surface area contributed by atoms with Crippen molar-refractivity contribution in [2.45, 2.75) is 6.54 Å². The molecule has 5 nitrogen and oxygen atoms in total. The topological polar surface area (TPSA) is 68.0 Å². The number of carbonyl (C=O) groups is 1. The Morgan fingerprint density at radius 2 is 1.96 bits per heavy atom. The minimum atomic E-state index is -0.210. The second-order valence-corrected chi connectivity index (χ2v) is 6.43. The van der Waals surface area contributed by atoms with E-state index >= 15 is 0 Å². The molecule has 0 radical (unpaired) electrons. The number of furan rings is 1. The first kappa shape index (κ1) is 16.2. The van der Waals surface area contributed by atoms with Gasteiger partial charge in [-0.2, -0.15) is 0 Å². The standard InChI is InChI=1S/C20H15N3O2S/c24-19(16-13-26-20(23-16)14-6-2-1-3-7-14)22-12-15-8-4-10-21-18(15)17-9-5-11-25-17/h1-11,13H,12H2,(H,22,24). The van der Waals surface area contributed by atoms with Gasteiger partial charge in [0.2, 0.25) is 0 Å². The van der Waals surface area contributed by atoms with Gasteiger partial charge in [0, 0.05) is 29.2 Å². The SMILES string of the molecule is O=C(NCc1cccnc1-c1ccco1)c1csc(-c2ccccc2)n1. The highest BCUT2D eigenvalue weighted by atomic mass is 32.1. The maximum absolute atomic E-state index is 12.4. The molecule has 0 bridgehead atoms. The number of hydrogen-bond donors (Lipinski definition) is 1. The van der Waals surface area contributed by atoms with Gasteiger partial charge in [0.15, 0.2) is 5.76 Å². The molecule has 1 aromatic carbocycles. The second-order valence-electron chi connectivity index (χ2n) is 5.58. The van der Waals surface area contributed by atoms with Crippen LogP contribution in [0.2, 0.25) is 0 Å². The molecule has 3 heterocycles. The molecule has 0 aliphatic carbocycles. The van der Waals surface area contributed by atoms with Crippen molar-refractivity contribution in [2.24, 2.45) is 0 Å². The van der Waals surface area contributed by atoms with Crippen LogP contribution < -0.4 is 5.32 Å². The molecule has 1 N–H and O–H groups in total. The van der Waals surface area contributed by atoms with E-state index in [9.17, 15) is 4.79 Å². The fourth-order valence-electron chi connectivity index (χ4n) is 2.57. The van der Waals surface area contributed by atoms with Gasteiger partial charge in [0.25, 0.3) is 5.91 Å². The molecule has 26 heavy (non-hydrogen) atoms. The molecule has 0 spiro atoms. The van der Waals surface area contributed by atoms with E-state index in [4.69, 9.17) is 4.42 Å². The Bertz CT molecular complexity index is 1010. The molecule has 0 aliphatic heterocycles. The van der Waals surface area contributed by atoms with Crippen LogP contribution in [0.15, 0.2) is 76.9 Å². The van der Waals surface area contributed by atoms with Crippen molar-refractivity contribution < 1.29 is 9.21 Å². The summed E-state index contributed by atoms with van der Waals surface area (Å²) in [4.78, 5) is 21.2. The Hall–Kier alpha value is -3.25. The number of rotatable bonds is 5. The molecule has 0 unspecified atom stereocenters. The number of thiazole rings is 1. The number of aromatic nitrogens is 2. The Morgan fingerprint density at radius 3 is 2.77 bits per heavy atom. The van der Waals surface area contributed by atoms with Crippen LogP contribution in [0.25, 0.3) is 22.0 Å². The second kappa shape index (κ2) is 7.33. The fourth-order valence-corrected chi connectivity index (χ4v) is 3.38. The molecule has 0 aliphatic rings. The minimum Gasteiger partial charge on any atom is -0.463 e. The molecule has 4 rings (SSSR count). The Morgan fingerprint density at radius 1 is 1.08 bits per heavy atom. The smallest absolute Gasteiger partial charge is 0.271 e. The summed E-state index contributed by atoms with van der Waals surface area (Å²) in [5.74, 6) is 0.465. The van der Waals surface area contributed by atoms with Crippen molar-refractivity contribution in [3.8, 4) is 22.0 Å². The van der Waals surface area contributed by atoms with Crippen LogP contribution in [0.3, 0.4) is 0 Å². The van der Waals surface area contributed by atoms with Crippen LogP contribution in [0.5, 0.6) is 0 Å². The van der Waals surface area contributed by atoms with Gasteiger partial charge < -0.3 is 9.73 Å². The van der Waals surface area contributed by atoms with Gasteiger partial charge in [-0.05, 0) is 18.2 Å². The van der Waals surface area contributed by atoms with Crippen LogP contribution in [-0.4, -0.2) is 15.9 Å². The first-order valence-corrected chi connectivity index (χ1v) is 8.96. The third-order valence-electron chi connectivity index (χ3n) is 3.84. The minimum absolute atomic E-state index is 0.210. The van der Waals surface area contributed by atoms with Gasteiger partial charge >= 0.3 is 0 Å². The maximum Gasteiger partial charge on any atom is 0.271 e. The summed E-state index contributed by atoms with van der Waals surface area (Å²) >= 11 is 1.45. The quantitative estimate of drug-likeness (QED) is 0.572. The van der Waals surface area contributed by atoms with E-state index in [1.165, 1.54) is 11.3 Å². The van der Waals surface area contributed by atoms with Crippen molar-refractivity contribution in [1.29, 1.82) is 0 Å². The van der Waals surface area contributed by atoms with Crippen LogP contribution in [0.1, 0.15) is 16.1 Å². The van der Waals surface area contributed by atoms with Gasteiger partial charge in [-0.1, -0.05) is 36.4 Å². The molecule has 4 aromatic rings. The maximum atomic E-state index is 12.4.